The number of hydrogen-bond donors (Lipinski definition) is 4. The first-order valence-corrected chi connectivity index (χ1v) is 18.7. The van der Waals surface area contributed by atoms with Crippen molar-refractivity contribution < 1.29 is 32.5 Å². The lowest BCUT2D eigenvalue weighted by Gasteiger charge is -2.31. The van der Waals surface area contributed by atoms with Crippen LogP contribution in [0.1, 0.15) is 39.2 Å². The Morgan fingerprint density at radius 3 is 2.62 bits per heavy atom. The molecule has 1 aromatic heterocycles. The van der Waals surface area contributed by atoms with Gasteiger partial charge in [0.15, 0.2) is 11.4 Å². The lowest BCUT2D eigenvalue weighted by Crippen LogP contribution is -2.52. The second kappa shape index (κ2) is 14.7. The number of nitrogens with one attached hydrogen (secondary N) is 3. The van der Waals surface area contributed by atoms with Crippen LogP contribution < -0.4 is 16.0 Å². The van der Waals surface area contributed by atoms with Gasteiger partial charge in [0.2, 0.25) is 10.0 Å². The van der Waals surface area contributed by atoms with Crippen molar-refractivity contribution in [2.75, 3.05) is 38.2 Å². The van der Waals surface area contributed by atoms with Crippen molar-refractivity contribution in [2.45, 2.75) is 81.6 Å². The van der Waals surface area contributed by atoms with Gasteiger partial charge in [-0.25, -0.2) is 18.2 Å². The summed E-state index contributed by atoms with van der Waals surface area (Å²) in [5.74, 6) is -0.168. The molecule has 3 fully saturated rings. The molecule has 1 amide bonds. The van der Waals surface area contributed by atoms with Crippen molar-refractivity contribution in [3.63, 3.8) is 0 Å². The number of hydrogen-bond acceptors (Lipinski definition) is 11. The Balaban J connectivity index is 1.19. The number of sulfonamides is 1. The van der Waals surface area contributed by atoms with E-state index in [1.54, 1.807) is 18.2 Å². The van der Waals surface area contributed by atoms with Crippen LogP contribution in [0.15, 0.2) is 53.4 Å². The Labute approximate surface area is 280 Å². The number of nitrogens with zero attached hydrogens (tertiary/aromatic N) is 2. The summed E-state index contributed by atoms with van der Waals surface area (Å²) in [6.07, 6.45) is -0.417. The number of rotatable bonds is 15. The average Bonchev–Trinajstić information content (AvgIpc) is 3.42. The SMILES string of the molecule is CCN[C@H]1CO[C@@H]2OC[C@H](OC(=O)N[C@@H](Cc3ccccc3)[C@H](O)CN(CC(C)C)S(=O)(=O)c3ccc4nc(NC5CC5)sc4c3)[C@@H]21. The minimum Gasteiger partial charge on any atom is -0.443 e. The maximum absolute atomic E-state index is 14.1. The number of alkyl carbamates (subject to hydrolysis) is 1. The van der Waals surface area contributed by atoms with Crippen molar-refractivity contribution >= 4 is 42.8 Å². The number of amides is 1. The molecule has 3 heterocycles. The highest BCUT2D eigenvalue weighted by Crippen LogP contribution is 2.34. The van der Waals surface area contributed by atoms with Gasteiger partial charge in [0.05, 0.1) is 46.4 Å². The molecule has 12 nitrogen and oxygen atoms in total. The molecule has 14 heteroatoms. The molecule has 0 spiro atoms. The van der Waals surface area contributed by atoms with E-state index in [1.807, 2.05) is 51.1 Å². The minimum atomic E-state index is -4.01. The van der Waals surface area contributed by atoms with Crippen LogP contribution in [0.4, 0.5) is 9.93 Å². The first-order chi connectivity index (χ1) is 22.6. The van der Waals surface area contributed by atoms with Crippen molar-refractivity contribution in [2.24, 2.45) is 11.8 Å². The summed E-state index contributed by atoms with van der Waals surface area (Å²) >= 11 is 1.43. The second-order valence-corrected chi connectivity index (χ2v) is 16.0. The zero-order chi connectivity index (χ0) is 33.1. The highest BCUT2D eigenvalue weighted by atomic mass is 32.2. The molecule has 256 valence electrons. The number of aliphatic hydroxyl groups is 1. The van der Waals surface area contributed by atoms with E-state index in [0.717, 1.165) is 40.3 Å². The zero-order valence-corrected chi connectivity index (χ0v) is 28.6. The second-order valence-electron chi connectivity index (χ2n) is 13.0. The summed E-state index contributed by atoms with van der Waals surface area (Å²) in [5.41, 5.74) is 1.61. The third kappa shape index (κ3) is 8.24. The van der Waals surface area contributed by atoms with Crippen LogP contribution in [0.5, 0.6) is 0 Å². The quantitative estimate of drug-likeness (QED) is 0.187. The van der Waals surface area contributed by atoms with Gasteiger partial charge in [-0.3, -0.25) is 0 Å². The van der Waals surface area contributed by atoms with Gasteiger partial charge in [-0.2, -0.15) is 4.31 Å². The minimum absolute atomic E-state index is 0.00367. The molecule has 1 saturated carbocycles. The summed E-state index contributed by atoms with van der Waals surface area (Å²) in [6, 6.07) is 14.0. The molecule has 3 aliphatic rings. The molecule has 0 bridgehead atoms. The fraction of sp³-hybridized carbons (Fsp3) is 0.576. The number of likely N-dealkylation sites (N-methyl/N-ethyl adjacent to an activating group) is 1. The summed E-state index contributed by atoms with van der Waals surface area (Å²) in [5, 5.41) is 22.0. The van der Waals surface area contributed by atoms with Crippen LogP contribution in [-0.4, -0.2) is 98.4 Å². The first-order valence-electron chi connectivity index (χ1n) is 16.4. The van der Waals surface area contributed by atoms with E-state index in [4.69, 9.17) is 14.2 Å². The normalized spacial score (nSPS) is 24.0. The Hall–Kier alpha value is -2.85. The molecular formula is C33H45N5O7S2. The maximum atomic E-state index is 14.1. The lowest BCUT2D eigenvalue weighted by molar-refractivity contribution is -0.0908. The number of fused-ring (bicyclic) bond motifs is 2. The molecule has 47 heavy (non-hydrogen) atoms. The van der Waals surface area contributed by atoms with Crippen molar-refractivity contribution in [1.29, 1.82) is 0 Å². The summed E-state index contributed by atoms with van der Waals surface area (Å²) in [7, 11) is -4.01. The van der Waals surface area contributed by atoms with E-state index in [2.05, 4.69) is 20.9 Å². The molecule has 4 N–H and O–H groups in total. The fourth-order valence-corrected chi connectivity index (χ4v) is 8.95. The van der Waals surface area contributed by atoms with E-state index in [1.165, 1.54) is 15.6 Å². The van der Waals surface area contributed by atoms with Crippen LogP contribution in [0.3, 0.4) is 0 Å². The highest BCUT2D eigenvalue weighted by Gasteiger charge is 2.49. The van der Waals surface area contributed by atoms with E-state index < -0.39 is 40.7 Å². The Morgan fingerprint density at radius 2 is 1.89 bits per heavy atom. The number of ether oxygens (including phenoxy) is 3. The molecule has 2 aliphatic heterocycles. The topological polar surface area (TPSA) is 151 Å². The molecule has 6 rings (SSSR count). The molecule has 0 radical (unpaired) electrons. The van der Waals surface area contributed by atoms with Crippen molar-refractivity contribution in [3.8, 4) is 0 Å². The van der Waals surface area contributed by atoms with E-state index in [9.17, 15) is 18.3 Å². The number of carbonyl (C=O) groups is 1. The van der Waals surface area contributed by atoms with Gasteiger partial charge in [0.25, 0.3) is 0 Å². The summed E-state index contributed by atoms with van der Waals surface area (Å²) < 4.78 is 47.6. The molecule has 0 unspecified atom stereocenters. The molecule has 1 aliphatic carbocycles. The van der Waals surface area contributed by atoms with Gasteiger partial charge in [-0.1, -0.05) is 62.4 Å². The zero-order valence-electron chi connectivity index (χ0n) is 27.0. The largest absolute Gasteiger partial charge is 0.443 e. The number of carbonyl (C=O) groups excluding carboxylic acids is 1. The average molecular weight is 688 g/mol. The van der Waals surface area contributed by atoms with Gasteiger partial charge in [-0.05, 0) is 55.5 Å². The van der Waals surface area contributed by atoms with Crippen molar-refractivity contribution in [3.05, 3.63) is 54.1 Å². The van der Waals surface area contributed by atoms with Gasteiger partial charge >= 0.3 is 6.09 Å². The van der Waals surface area contributed by atoms with Crippen LogP contribution in [0.2, 0.25) is 0 Å². The van der Waals surface area contributed by atoms with Crippen LogP contribution in [0.25, 0.3) is 10.2 Å². The maximum Gasteiger partial charge on any atom is 0.407 e. The standard InChI is InChI=1S/C33H45N5O7S2/c1-4-34-26-18-43-31-30(26)28(19-44-31)45-33(40)37-25(14-21-8-6-5-7-9-21)27(39)17-38(16-20(2)3)47(41,42)23-12-13-24-29(15-23)46-32(36-24)35-22-10-11-22/h5-9,12-13,15,20,22,25-28,30-31,34,39H,4,10-11,14,16-19H2,1-3H3,(H,35,36)(H,37,40)/t25-,26-,27+,28-,30-,31+/m0/s1. The number of aliphatic hydroxyl groups excluding tert-OH is 1. The smallest absolute Gasteiger partial charge is 0.407 e. The number of anilines is 1. The first kappa shape index (κ1) is 34.0. The summed E-state index contributed by atoms with van der Waals surface area (Å²) in [4.78, 5) is 18.1. The number of thiazole rings is 1. The monoisotopic (exact) mass is 687 g/mol. The Bertz CT molecular complexity index is 1620. The van der Waals surface area contributed by atoms with Crippen LogP contribution >= 0.6 is 11.3 Å². The van der Waals surface area contributed by atoms with Gasteiger partial charge in [0.1, 0.15) is 6.10 Å². The van der Waals surface area contributed by atoms with E-state index in [-0.39, 0.29) is 48.9 Å². The highest BCUT2D eigenvalue weighted by molar-refractivity contribution is 7.89. The Morgan fingerprint density at radius 1 is 1.13 bits per heavy atom. The van der Waals surface area contributed by atoms with Gasteiger partial charge in [0, 0.05) is 25.2 Å². The molecule has 3 aromatic rings. The Kier molecular flexibility index (Phi) is 10.7. The predicted molar refractivity (Wildman–Crippen MR) is 180 cm³/mol. The third-order valence-electron chi connectivity index (χ3n) is 8.73. The van der Waals surface area contributed by atoms with Gasteiger partial charge < -0.3 is 35.3 Å². The molecule has 6 atom stereocenters. The molecule has 2 aromatic carbocycles. The fourth-order valence-electron chi connectivity index (χ4n) is 6.24. The van der Waals surface area contributed by atoms with E-state index in [0.29, 0.717) is 12.6 Å². The number of aromatic nitrogens is 1. The van der Waals surface area contributed by atoms with E-state index >= 15 is 0 Å². The molecule has 2 saturated heterocycles. The molecular weight excluding hydrogens is 643 g/mol. The predicted octanol–water partition coefficient (Wildman–Crippen LogP) is 3.57. The third-order valence-corrected chi connectivity index (χ3v) is 11.5. The van der Waals surface area contributed by atoms with Crippen molar-refractivity contribution in [1.82, 2.24) is 19.9 Å². The van der Waals surface area contributed by atoms with Gasteiger partial charge in [-0.15, -0.1) is 0 Å². The summed E-state index contributed by atoms with van der Waals surface area (Å²) in [6.45, 7) is 7.25. The lowest BCUT2D eigenvalue weighted by atomic mass is 9.98. The van der Waals surface area contributed by atoms with Crippen LogP contribution in [-0.2, 0) is 30.7 Å². The van der Waals surface area contributed by atoms with Crippen LogP contribution in [0, 0.1) is 11.8 Å². The number of benzene rings is 2.